The largest absolute Gasteiger partial charge is 0.477 e. The molecular formula is C53H40N2O6. The number of fused-ring (bicyclic) bond motifs is 6. The molecule has 2 unspecified atom stereocenters. The lowest BCUT2D eigenvalue weighted by molar-refractivity contribution is 0.285. The predicted molar refractivity (Wildman–Crippen MR) is 239 cm³/mol. The summed E-state index contributed by atoms with van der Waals surface area (Å²) in [4.78, 5) is 0. The number of aryl methyl sites for hydroxylation is 1. The number of para-hydroxylation sites is 2. The van der Waals surface area contributed by atoms with E-state index in [1.165, 1.54) is 0 Å². The molecule has 2 aromatic heterocycles. The van der Waals surface area contributed by atoms with Gasteiger partial charge in [0.2, 0.25) is 11.5 Å². The van der Waals surface area contributed by atoms with Gasteiger partial charge in [-0.3, -0.25) is 0 Å². The monoisotopic (exact) mass is 800 g/mol. The Labute approximate surface area is 357 Å². The van der Waals surface area contributed by atoms with E-state index in [0.29, 0.717) is 35.3 Å². The first-order valence-corrected chi connectivity index (χ1v) is 19.4. The summed E-state index contributed by atoms with van der Waals surface area (Å²) in [6.07, 6.45) is 40.4. The van der Waals surface area contributed by atoms with Gasteiger partial charge in [-0.1, -0.05) is 77.8 Å². The van der Waals surface area contributed by atoms with Gasteiger partial charge in [0.1, 0.15) is 39.6 Å². The van der Waals surface area contributed by atoms with E-state index in [0.717, 1.165) is 55.4 Å². The maximum Gasteiger partial charge on any atom is 0.204 e. The number of nitrogens with zero attached hydrogens (tertiary/aromatic N) is 2. The summed E-state index contributed by atoms with van der Waals surface area (Å²) in [5.74, 6) is 19.3. The van der Waals surface area contributed by atoms with Gasteiger partial charge >= 0.3 is 0 Å². The van der Waals surface area contributed by atoms with Crippen molar-refractivity contribution >= 4 is 21.8 Å². The minimum absolute atomic E-state index is 0.0421. The van der Waals surface area contributed by atoms with Crippen molar-refractivity contribution in [3.63, 3.8) is 0 Å². The third-order valence-corrected chi connectivity index (χ3v) is 10.4. The van der Waals surface area contributed by atoms with Crippen molar-refractivity contribution < 1.29 is 28.4 Å². The maximum absolute atomic E-state index is 6.22. The van der Waals surface area contributed by atoms with Crippen LogP contribution in [0.2, 0.25) is 0 Å². The first kappa shape index (κ1) is 40.9. The van der Waals surface area contributed by atoms with E-state index in [2.05, 4.69) is 81.8 Å². The average Bonchev–Trinajstić information content (AvgIpc) is 3.79. The van der Waals surface area contributed by atoms with Crippen LogP contribution < -0.4 is 28.4 Å². The van der Waals surface area contributed by atoms with Gasteiger partial charge in [-0.15, -0.1) is 45.0 Å². The molecular weight excluding hydrogens is 761 g/mol. The van der Waals surface area contributed by atoms with Crippen LogP contribution in [0.4, 0.5) is 0 Å². The highest BCUT2D eigenvalue weighted by atomic mass is 16.5. The zero-order chi connectivity index (χ0) is 42.9. The highest BCUT2D eigenvalue weighted by molar-refractivity contribution is 5.94. The zero-order valence-corrected chi connectivity index (χ0v) is 33.6. The van der Waals surface area contributed by atoms with Crippen LogP contribution in [0.25, 0.3) is 21.8 Å². The molecule has 0 N–H and O–H groups in total. The second-order valence-corrected chi connectivity index (χ2v) is 13.7. The normalized spacial score (nSPS) is 13.4. The minimum Gasteiger partial charge on any atom is -0.477 e. The SMILES string of the molecule is C#CCOc1cc(C2c3c(n(CC)c4ccccc34)C(c3cc(OCC#C)c(OCC#C)c(OCC#C)c3)c3c2n(CC#C)c2ccccc32)cc(OCC#C)c1OCC#C. The first-order chi connectivity index (χ1) is 30.0. The molecule has 0 bridgehead atoms. The molecule has 0 saturated carbocycles. The third kappa shape index (κ3) is 7.47. The topological polar surface area (TPSA) is 65.2 Å². The average molecular weight is 801 g/mol. The summed E-state index contributed by atoms with van der Waals surface area (Å²) < 4.78 is 41.4. The number of terminal acetylenes is 7. The molecule has 0 spiro atoms. The van der Waals surface area contributed by atoms with E-state index in [4.69, 9.17) is 73.4 Å². The Morgan fingerprint density at radius 3 is 1.16 bits per heavy atom. The van der Waals surface area contributed by atoms with Gasteiger partial charge in [0.15, 0.2) is 23.0 Å². The zero-order valence-electron chi connectivity index (χ0n) is 33.6. The van der Waals surface area contributed by atoms with Crippen molar-refractivity contribution in [3.05, 3.63) is 106 Å². The number of aromatic nitrogens is 2. The molecule has 1 aliphatic carbocycles. The molecule has 0 fully saturated rings. The molecule has 61 heavy (non-hydrogen) atoms. The predicted octanol–water partition coefficient (Wildman–Crippen LogP) is 7.99. The molecule has 298 valence electrons. The minimum atomic E-state index is -0.463. The van der Waals surface area contributed by atoms with Gasteiger partial charge in [0.25, 0.3) is 0 Å². The Hall–Kier alpha value is -8.32. The molecule has 0 aliphatic heterocycles. The summed E-state index contributed by atoms with van der Waals surface area (Å²) in [5, 5.41) is 2.02. The third-order valence-electron chi connectivity index (χ3n) is 10.4. The molecule has 8 nitrogen and oxygen atoms in total. The Kier molecular flexibility index (Phi) is 12.4. The number of benzene rings is 4. The summed E-state index contributed by atoms with van der Waals surface area (Å²) >= 11 is 0. The number of hydrogen-bond acceptors (Lipinski definition) is 6. The van der Waals surface area contributed by atoms with Crippen LogP contribution in [-0.2, 0) is 13.1 Å². The van der Waals surface area contributed by atoms with Crippen molar-refractivity contribution in [2.75, 3.05) is 39.6 Å². The van der Waals surface area contributed by atoms with E-state index < -0.39 is 11.8 Å². The van der Waals surface area contributed by atoms with Gasteiger partial charge in [0.05, 0.1) is 18.4 Å². The van der Waals surface area contributed by atoms with Crippen molar-refractivity contribution in [3.8, 4) is 121 Å². The van der Waals surface area contributed by atoms with Gasteiger partial charge in [-0.05, 0) is 65.6 Å². The standard InChI is InChI=1S/C53H40N2O6/c1-9-25-55-41-24-20-18-22-39(41)49-46(36-32-42(56-26-10-2)52(60-30-14-6)43(33-36)57-27-11-3)50-48(38-21-17-19-23-40(38)54(50)16-8)47(51(49)55)37-34-44(58-28-12-4)53(61-31-15-7)45(35-37)59-29-13-5/h1-7,17-24,32-35,46-47H,16,25-31H2,8H3. The Morgan fingerprint density at radius 2 is 0.803 bits per heavy atom. The van der Waals surface area contributed by atoms with E-state index in [1.807, 2.05) is 48.5 Å². The lowest BCUT2D eigenvalue weighted by atomic mass is 9.72. The lowest BCUT2D eigenvalue weighted by Crippen LogP contribution is -2.24. The van der Waals surface area contributed by atoms with E-state index in [1.54, 1.807) is 0 Å². The fourth-order valence-corrected chi connectivity index (χ4v) is 8.40. The maximum atomic E-state index is 6.22. The van der Waals surface area contributed by atoms with Gasteiger partial charge in [0, 0.05) is 39.7 Å². The van der Waals surface area contributed by atoms with Crippen LogP contribution >= 0.6 is 0 Å². The highest BCUT2D eigenvalue weighted by Gasteiger charge is 2.43. The molecule has 2 heterocycles. The molecule has 4 aromatic carbocycles. The van der Waals surface area contributed by atoms with E-state index >= 15 is 0 Å². The summed E-state index contributed by atoms with van der Waals surface area (Å²) in [6, 6.07) is 24.3. The van der Waals surface area contributed by atoms with Crippen LogP contribution in [0, 0.1) is 86.4 Å². The van der Waals surface area contributed by atoms with E-state index in [-0.39, 0.29) is 51.9 Å². The Morgan fingerprint density at radius 1 is 0.459 bits per heavy atom. The summed E-state index contributed by atoms with van der Waals surface area (Å²) in [7, 11) is 0. The molecule has 0 saturated heterocycles. The number of ether oxygens (including phenoxy) is 6. The molecule has 0 amide bonds. The Bertz CT molecular complexity index is 2870. The quantitative estimate of drug-likeness (QED) is 0.0925. The van der Waals surface area contributed by atoms with Crippen LogP contribution in [0.1, 0.15) is 52.4 Å². The molecule has 1 aliphatic rings. The molecule has 8 heteroatoms. The molecule has 0 radical (unpaired) electrons. The lowest BCUT2D eigenvalue weighted by Gasteiger charge is -2.34. The van der Waals surface area contributed by atoms with Crippen LogP contribution in [0.5, 0.6) is 34.5 Å². The van der Waals surface area contributed by atoms with Crippen molar-refractivity contribution in [1.82, 2.24) is 9.13 Å². The van der Waals surface area contributed by atoms with Gasteiger partial charge in [-0.25, -0.2) is 0 Å². The van der Waals surface area contributed by atoms with Gasteiger partial charge in [-0.2, -0.15) is 0 Å². The number of hydrogen-bond donors (Lipinski definition) is 0. The fourth-order valence-electron chi connectivity index (χ4n) is 8.40. The first-order valence-electron chi connectivity index (χ1n) is 19.4. The van der Waals surface area contributed by atoms with Crippen molar-refractivity contribution in [1.29, 1.82) is 0 Å². The van der Waals surface area contributed by atoms with Crippen LogP contribution in [0.15, 0.2) is 72.8 Å². The second-order valence-electron chi connectivity index (χ2n) is 13.7. The fraction of sp³-hybridized carbons (Fsp3) is 0.208. The van der Waals surface area contributed by atoms with Gasteiger partial charge < -0.3 is 37.6 Å². The smallest absolute Gasteiger partial charge is 0.204 e. The Balaban J connectivity index is 1.66. The number of rotatable bonds is 16. The molecule has 6 aromatic rings. The summed E-state index contributed by atoms with van der Waals surface area (Å²) in [5.41, 5.74) is 7.62. The van der Waals surface area contributed by atoms with Crippen LogP contribution in [-0.4, -0.2) is 48.8 Å². The van der Waals surface area contributed by atoms with Crippen molar-refractivity contribution in [2.45, 2.75) is 31.8 Å². The van der Waals surface area contributed by atoms with E-state index in [9.17, 15) is 0 Å². The van der Waals surface area contributed by atoms with Crippen molar-refractivity contribution in [2.24, 2.45) is 0 Å². The summed E-state index contributed by atoms with van der Waals surface area (Å²) in [6.45, 7) is 2.75. The molecule has 2 atom stereocenters. The second kappa shape index (κ2) is 18.5. The van der Waals surface area contributed by atoms with Crippen LogP contribution in [0.3, 0.4) is 0 Å². The molecule has 7 rings (SSSR count). The highest BCUT2D eigenvalue weighted by Crippen LogP contribution is 2.57.